The van der Waals surface area contributed by atoms with Gasteiger partial charge in [-0.3, -0.25) is 0 Å². The van der Waals surface area contributed by atoms with E-state index in [9.17, 15) is 8.42 Å². The molecule has 1 N–H and O–H groups in total. The van der Waals surface area contributed by atoms with E-state index in [1.807, 2.05) is 31.2 Å². The number of sulfonamides is 1. The van der Waals surface area contributed by atoms with Gasteiger partial charge in [0, 0.05) is 43.5 Å². The fraction of sp³-hybridized carbons (Fsp3) is 0.286. The highest BCUT2D eigenvalue weighted by Crippen LogP contribution is 2.22. The summed E-state index contributed by atoms with van der Waals surface area (Å²) >= 11 is 5.89. The molecule has 1 aromatic carbocycles. The molecule has 0 amide bonds. The first kappa shape index (κ1) is 21.5. The minimum Gasteiger partial charge on any atom is -0.354 e. The van der Waals surface area contributed by atoms with Crippen molar-refractivity contribution in [3.63, 3.8) is 0 Å². The van der Waals surface area contributed by atoms with E-state index in [0.717, 1.165) is 11.4 Å². The van der Waals surface area contributed by atoms with E-state index in [0.29, 0.717) is 48.7 Å². The zero-order chi connectivity index (χ0) is 21.8. The molecule has 0 spiro atoms. The summed E-state index contributed by atoms with van der Waals surface area (Å²) in [7, 11) is -3.40. The van der Waals surface area contributed by atoms with Crippen LogP contribution in [0.1, 0.15) is 11.4 Å². The zero-order valence-electron chi connectivity index (χ0n) is 17.1. The minimum atomic E-state index is -3.40. The molecule has 3 aromatic rings. The molecule has 3 heterocycles. The van der Waals surface area contributed by atoms with Crippen LogP contribution in [0.25, 0.3) is 0 Å². The third-order valence-electron chi connectivity index (χ3n) is 4.96. The van der Waals surface area contributed by atoms with Crippen molar-refractivity contribution in [1.29, 1.82) is 0 Å². The Morgan fingerprint density at radius 2 is 1.74 bits per heavy atom. The van der Waals surface area contributed by atoms with Crippen molar-refractivity contribution >= 4 is 39.1 Å². The quantitative estimate of drug-likeness (QED) is 0.606. The van der Waals surface area contributed by atoms with Gasteiger partial charge in [-0.2, -0.15) is 4.31 Å². The Morgan fingerprint density at radius 3 is 2.42 bits per heavy atom. The summed E-state index contributed by atoms with van der Waals surface area (Å²) in [6.07, 6.45) is 1.71. The monoisotopic (exact) mass is 458 g/mol. The molecular weight excluding hydrogens is 436 g/mol. The molecule has 0 radical (unpaired) electrons. The molecule has 1 saturated heterocycles. The van der Waals surface area contributed by atoms with Gasteiger partial charge in [0.25, 0.3) is 0 Å². The molecule has 0 atom stereocenters. The van der Waals surface area contributed by atoms with Crippen molar-refractivity contribution in [2.24, 2.45) is 0 Å². The van der Waals surface area contributed by atoms with E-state index in [4.69, 9.17) is 11.6 Å². The highest BCUT2D eigenvalue weighted by atomic mass is 35.5. The average Bonchev–Trinajstić information content (AvgIpc) is 2.76. The van der Waals surface area contributed by atoms with Crippen LogP contribution < -0.4 is 10.2 Å². The van der Waals surface area contributed by atoms with E-state index in [1.54, 1.807) is 34.8 Å². The van der Waals surface area contributed by atoms with Crippen molar-refractivity contribution in [3.05, 3.63) is 71.1 Å². The van der Waals surface area contributed by atoms with Crippen molar-refractivity contribution in [2.75, 3.05) is 36.4 Å². The van der Waals surface area contributed by atoms with Gasteiger partial charge in [0.1, 0.15) is 23.3 Å². The van der Waals surface area contributed by atoms with Gasteiger partial charge in [0.15, 0.2) is 0 Å². The van der Waals surface area contributed by atoms with Gasteiger partial charge in [-0.25, -0.2) is 23.4 Å². The number of benzene rings is 1. The Hall–Kier alpha value is -2.75. The summed E-state index contributed by atoms with van der Waals surface area (Å²) in [5.74, 6) is 2.72. The van der Waals surface area contributed by atoms with Crippen LogP contribution in [-0.2, 0) is 15.8 Å². The number of anilines is 3. The molecule has 1 aliphatic heterocycles. The van der Waals surface area contributed by atoms with Crippen molar-refractivity contribution in [3.8, 4) is 0 Å². The second-order valence-corrected chi connectivity index (χ2v) is 9.67. The van der Waals surface area contributed by atoms with Crippen LogP contribution >= 0.6 is 11.6 Å². The van der Waals surface area contributed by atoms with Crippen LogP contribution in [0.15, 0.2) is 54.7 Å². The number of aromatic nitrogens is 3. The Balaban J connectivity index is 1.42. The second kappa shape index (κ2) is 9.17. The van der Waals surface area contributed by atoms with Gasteiger partial charge in [-0.1, -0.05) is 29.8 Å². The molecule has 1 aliphatic rings. The van der Waals surface area contributed by atoms with E-state index in [1.165, 1.54) is 0 Å². The Bertz CT molecular complexity index is 1130. The summed E-state index contributed by atoms with van der Waals surface area (Å²) < 4.78 is 27.2. The molecule has 1 fully saturated rings. The molecule has 31 heavy (non-hydrogen) atoms. The van der Waals surface area contributed by atoms with Crippen molar-refractivity contribution in [2.45, 2.75) is 12.7 Å². The third-order valence-corrected chi connectivity index (χ3v) is 7.07. The smallest absolute Gasteiger partial charge is 0.218 e. The number of pyridine rings is 1. The Kier molecular flexibility index (Phi) is 6.35. The minimum absolute atomic E-state index is 0.0328. The van der Waals surface area contributed by atoms with Gasteiger partial charge in [0.05, 0.1) is 5.75 Å². The summed E-state index contributed by atoms with van der Waals surface area (Å²) in [5, 5.41) is 3.77. The number of piperazine rings is 1. The molecule has 2 aromatic heterocycles. The van der Waals surface area contributed by atoms with Gasteiger partial charge in [-0.15, -0.1) is 0 Å². The molecule has 0 unspecified atom stereocenters. The first-order valence-corrected chi connectivity index (χ1v) is 11.9. The fourth-order valence-corrected chi connectivity index (χ4v) is 5.07. The maximum atomic E-state index is 12.8. The maximum Gasteiger partial charge on any atom is 0.218 e. The number of hydrogen-bond donors (Lipinski definition) is 1. The first-order chi connectivity index (χ1) is 14.9. The normalized spacial score (nSPS) is 15.1. The second-order valence-electron chi connectivity index (χ2n) is 7.27. The molecule has 0 aliphatic carbocycles. The summed E-state index contributed by atoms with van der Waals surface area (Å²) in [5.41, 5.74) is 0.725. The zero-order valence-corrected chi connectivity index (χ0v) is 18.6. The number of halogens is 1. The largest absolute Gasteiger partial charge is 0.354 e. The highest BCUT2D eigenvalue weighted by molar-refractivity contribution is 7.88. The number of hydrogen-bond acceptors (Lipinski definition) is 7. The Labute approximate surface area is 187 Å². The first-order valence-electron chi connectivity index (χ1n) is 9.90. The van der Waals surface area contributed by atoms with E-state index >= 15 is 0 Å². The van der Waals surface area contributed by atoms with Gasteiger partial charge in [-0.05, 0) is 36.8 Å². The van der Waals surface area contributed by atoms with Gasteiger partial charge in [0.2, 0.25) is 10.0 Å². The number of nitrogens with one attached hydrogen (secondary N) is 1. The van der Waals surface area contributed by atoms with E-state index in [-0.39, 0.29) is 5.75 Å². The predicted octanol–water partition coefficient (Wildman–Crippen LogP) is 3.23. The van der Waals surface area contributed by atoms with Gasteiger partial charge >= 0.3 is 0 Å². The lowest BCUT2D eigenvalue weighted by molar-refractivity contribution is 0.383. The van der Waals surface area contributed by atoms with Crippen LogP contribution in [0.5, 0.6) is 0 Å². The molecule has 4 rings (SSSR count). The lowest BCUT2D eigenvalue weighted by atomic mass is 10.2. The predicted molar refractivity (Wildman–Crippen MR) is 122 cm³/mol. The van der Waals surface area contributed by atoms with Crippen LogP contribution in [0.3, 0.4) is 0 Å². The highest BCUT2D eigenvalue weighted by Gasteiger charge is 2.28. The molecule has 0 bridgehead atoms. The molecular formula is C21H23ClN6O2S. The van der Waals surface area contributed by atoms with Crippen LogP contribution in [0.2, 0.25) is 5.02 Å². The van der Waals surface area contributed by atoms with Gasteiger partial charge < -0.3 is 10.2 Å². The average molecular weight is 459 g/mol. The number of nitrogens with zero attached hydrogens (tertiary/aromatic N) is 5. The SMILES string of the molecule is Cc1nc(Nc2ccccn2)cc(N2CCN(S(=O)(=O)Cc3ccc(Cl)cc3)CC2)n1. The molecule has 162 valence electrons. The summed E-state index contributed by atoms with van der Waals surface area (Å²) in [4.78, 5) is 15.3. The third kappa shape index (κ3) is 5.49. The summed E-state index contributed by atoms with van der Waals surface area (Å²) in [6, 6.07) is 14.4. The lowest BCUT2D eigenvalue weighted by Gasteiger charge is -2.34. The lowest BCUT2D eigenvalue weighted by Crippen LogP contribution is -2.49. The standard InChI is InChI=1S/C21H23ClN6O2S/c1-16-24-20(26-19-4-2-3-9-23-19)14-21(25-16)27-10-12-28(13-11-27)31(29,30)15-17-5-7-18(22)8-6-17/h2-9,14H,10-13,15H2,1H3,(H,23,24,25,26). The molecule has 0 saturated carbocycles. The number of aryl methyl sites for hydroxylation is 1. The molecule has 10 heteroatoms. The van der Waals surface area contributed by atoms with E-state index in [2.05, 4.69) is 25.2 Å². The molecule has 8 nitrogen and oxygen atoms in total. The van der Waals surface area contributed by atoms with Crippen LogP contribution in [0.4, 0.5) is 17.5 Å². The topological polar surface area (TPSA) is 91.3 Å². The maximum absolute atomic E-state index is 12.8. The van der Waals surface area contributed by atoms with Crippen LogP contribution in [0, 0.1) is 6.92 Å². The van der Waals surface area contributed by atoms with Crippen LogP contribution in [-0.4, -0.2) is 53.9 Å². The Morgan fingerprint density at radius 1 is 1.00 bits per heavy atom. The fourth-order valence-electron chi connectivity index (χ4n) is 3.42. The van der Waals surface area contributed by atoms with Crippen molar-refractivity contribution < 1.29 is 8.42 Å². The number of rotatable bonds is 6. The van der Waals surface area contributed by atoms with Crippen molar-refractivity contribution in [1.82, 2.24) is 19.3 Å². The summed E-state index contributed by atoms with van der Waals surface area (Å²) in [6.45, 7) is 3.75. The van der Waals surface area contributed by atoms with E-state index < -0.39 is 10.0 Å².